The molecule has 0 amide bonds. The van der Waals surface area contributed by atoms with E-state index in [0.29, 0.717) is 5.92 Å². The Balaban J connectivity index is 2.05. The summed E-state index contributed by atoms with van der Waals surface area (Å²) in [5, 5.41) is 1.14. The number of H-pyrrole nitrogens is 1. The molecule has 3 heterocycles. The van der Waals surface area contributed by atoms with Crippen molar-refractivity contribution in [3.05, 3.63) is 18.1 Å². The van der Waals surface area contributed by atoms with Crippen molar-refractivity contribution >= 4 is 16.9 Å². The van der Waals surface area contributed by atoms with Crippen molar-refractivity contribution in [2.75, 3.05) is 18.0 Å². The molecule has 2 aromatic rings. The van der Waals surface area contributed by atoms with E-state index in [1.54, 1.807) is 6.33 Å². The molecule has 0 aliphatic carbocycles. The highest BCUT2D eigenvalue weighted by Crippen LogP contribution is 2.30. The van der Waals surface area contributed by atoms with Crippen molar-refractivity contribution in [2.45, 2.75) is 13.3 Å². The standard InChI is InChI=1S/C13H14N4/c1-3-9-6-17(7-9)13-11-10(4-2)5-14-12(11)15-8-16-13/h1,5,8-9H,4,6-7H2,2H3,(H,14,15,16). The summed E-state index contributed by atoms with van der Waals surface area (Å²) in [6, 6.07) is 0. The quantitative estimate of drug-likeness (QED) is 0.791. The number of aromatic nitrogens is 3. The largest absolute Gasteiger partial charge is 0.353 e. The lowest BCUT2D eigenvalue weighted by molar-refractivity contribution is 0.506. The first-order chi connectivity index (χ1) is 8.33. The molecular formula is C13H14N4. The van der Waals surface area contributed by atoms with Crippen LogP contribution >= 0.6 is 0 Å². The summed E-state index contributed by atoms with van der Waals surface area (Å²) in [6.07, 6.45) is 10.0. The minimum atomic E-state index is 0.365. The number of nitrogens with one attached hydrogen (secondary N) is 1. The van der Waals surface area contributed by atoms with Crippen LogP contribution in [0.4, 0.5) is 5.82 Å². The summed E-state index contributed by atoms with van der Waals surface area (Å²) in [6.45, 7) is 3.94. The van der Waals surface area contributed by atoms with E-state index in [2.05, 4.69) is 32.7 Å². The number of fused-ring (bicyclic) bond motifs is 1. The number of terminal acetylenes is 1. The van der Waals surface area contributed by atoms with Crippen molar-refractivity contribution in [1.29, 1.82) is 0 Å². The number of hydrogen-bond donors (Lipinski definition) is 1. The summed E-state index contributed by atoms with van der Waals surface area (Å²) in [5.41, 5.74) is 2.18. The first-order valence-electron chi connectivity index (χ1n) is 5.85. The molecule has 0 atom stereocenters. The van der Waals surface area contributed by atoms with Gasteiger partial charge in [-0.1, -0.05) is 12.8 Å². The molecule has 0 bridgehead atoms. The smallest absolute Gasteiger partial charge is 0.143 e. The second-order valence-corrected chi connectivity index (χ2v) is 4.36. The Morgan fingerprint density at radius 2 is 2.35 bits per heavy atom. The van der Waals surface area contributed by atoms with Crippen molar-refractivity contribution in [2.24, 2.45) is 5.92 Å². The highest BCUT2D eigenvalue weighted by Gasteiger charge is 2.28. The van der Waals surface area contributed by atoms with E-state index in [0.717, 1.165) is 36.4 Å². The highest BCUT2D eigenvalue weighted by atomic mass is 15.2. The lowest BCUT2D eigenvalue weighted by Gasteiger charge is -2.37. The molecular weight excluding hydrogens is 212 g/mol. The predicted molar refractivity (Wildman–Crippen MR) is 67.8 cm³/mol. The molecule has 0 unspecified atom stereocenters. The summed E-state index contributed by atoms with van der Waals surface area (Å²) in [5.74, 6) is 4.16. The number of rotatable bonds is 2. The van der Waals surface area contributed by atoms with Crippen LogP contribution in [0.25, 0.3) is 11.0 Å². The number of anilines is 1. The fraction of sp³-hybridized carbons (Fsp3) is 0.385. The van der Waals surface area contributed by atoms with Crippen LogP contribution in [-0.4, -0.2) is 28.0 Å². The van der Waals surface area contributed by atoms with Gasteiger partial charge in [0, 0.05) is 19.3 Å². The molecule has 0 radical (unpaired) electrons. The summed E-state index contributed by atoms with van der Waals surface area (Å²) < 4.78 is 0. The lowest BCUT2D eigenvalue weighted by Crippen LogP contribution is -2.46. The third kappa shape index (κ3) is 1.47. The molecule has 1 saturated heterocycles. The SMILES string of the molecule is C#CC1CN(c2ncnc3[nH]cc(CC)c23)C1. The van der Waals surface area contributed by atoms with Crippen LogP contribution in [0.1, 0.15) is 12.5 Å². The zero-order chi connectivity index (χ0) is 11.8. The van der Waals surface area contributed by atoms with Gasteiger partial charge in [-0.15, -0.1) is 6.42 Å². The van der Waals surface area contributed by atoms with Gasteiger partial charge in [0.25, 0.3) is 0 Å². The summed E-state index contributed by atoms with van der Waals surface area (Å²) in [7, 11) is 0. The van der Waals surface area contributed by atoms with Crippen molar-refractivity contribution in [1.82, 2.24) is 15.0 Å². The molecule has 1 aliphatic rings. The maximum atomic E-state index is 5.41. The van der Waals surface area contributed by atoms with E-state index in [1.165, 1.54) is 5.56 Å². The first kappa shape index (κ1) is 10.2. The molecule has 0 spiro atoms. The van der Waals surface area contributed by atoms with Gasteiger partial charge in [-0.25, -0.2) is 9.97 Å². The second-order valence-electron chi connectivity index (χ2n) is 4.36. The Morgan fingerprint density at radius 3 is 3.06 bits per heavy atom. The van der Waals surface area contributed by atoms with Gasteiger partial charge in [-0.05, 0) is 12.0 Å². The average Bonchev–Trinajstić information content (AvgIpc) is 2.71. The molecule has 1 fully saturated rings. The molecule has 4 heteroatoms. The third-order valence-electron chi connectivity index (χ3n) is 3.33. The first-order valence-corrected chi connectivity index (χ1v) is 5.85. The Morgan fingerprint density at radius 1 is 1.53 bits per heavy atom. The third-order valence-corrected chi connectivity index (χ3v) is 3.33. The van der Waals surface area contributed by atoms with Gasteiger partial charge in [0.15, 0.2) is 0 Å². The van der Waals surface area contributed by atoms with Crippen LogP contribution in [0, 0.1) is 18.3 Å². The van der Waals surface area contributed by atoms with Crippen LogP contribution in [0.15, 0.2) is 12.5 Å². The van der Waals surface area contributed by atoms with E-state index in [-0.39, 0.29) is 0 Å². The second kappa shape index (κ2) is 3.77. The molecule has 1 N–H and O–H groups in total. The van der Waals surface area contributed by atoms with E-state index in [4.69, 9.17) is 6.42 Å². The van der Waals surface area contributed by atoms with Gasteiger partial charge in [0.1, 0.15) is 17.8 Å². The van der Waals surface area contributed by atoms with Gasteiger partial charge in [-0.3, -0.25) is 0 Å². The van der Waals surface area contributed by atoms with E-state index >= 15 is 0 Å². The summed E-state index contributed by atoms with van der Waals surface area (Å²) in [4.78, 5) is 14.1. The van der Waals surface area contributed by atoms with Crippen LogP contribution < -0.4 is 4.90 Å². The van der Waals surface area contributed by atoms with Crippen molar-refractivity contribution in [3.63, 3.8) is 0 Å². The van der Waals surface area contributed by atoms with Gasteiger partial charge in [0.2, 0.25) is 0 Å². The van der Waals surface area contributed by atoms with Gasteiger partial charge in [0.05, 0.1) is 11.3 Å². The molecule has 3 rings (SSSR count). The van der Waals surface area contributed by atoms with Gasteiger partial charge in [-0.2, -0.15) is 0 Å². The van der Waals surface area contributed by atoms with E-state index < -0.39 is 0 Å². The monoisotopic (exact) mass is 226 g/mol. The molecule has 17 heavy (non-hydrogen) atoms. The average molecular weight is 226 g/mol. The van der Waals surface area contributed by atoms with Gasteiger partial charge < -0.3 is 9.88 Å². The predicted octanol–water partition coefficient (Wildman–Crippen LogP) is 1.59. The normalized spacial score (nSPS) is 15.9. The highest BCUT2D eigenvalue weighted by molar-refractivity contribution is 5.91. The minimum absolute atomic E-state index is 0.365. The maximum absolute atomic E-state index is 5.41. The lowest BCUT2D eigenvalue weighted by atomic mass is 10.0. The molecule has 86 valence electrons. The fourth-order valence-corrected chi connectivity index (χ4v) is 2.28. The number of hydrogen-bond acceptors (Lipinski definition) is 3. The van der Waals surface area contributed by atoms with E-state index in [9.17, 15) is 0 Å². The zero-order valence-corrected chi connectivity index (χ0v) is 9.77. The topological polar surface area (TPSA) is 44.8 Å². The molecule has 0 aromatic carbocycles. The molecule has 2 aromatic heterocycles. The van der Waals surface area contributed by atoms with Crippen LogP contribution in [-0.2, 0) is 6.42 Å². The molecule has 0 saturated carbocycles. The Kier molecular flexibility index (Phi) is 2.25. The van der Waals surface area contributed by atoms with Crippen LogP contribution in [0.2, 0.25) is 0 Å². The number of aryl methyl sites for hydroxylation is 1. The van der Waals surface area contributed by atoms with Gasteiger partial charge >= 0.3 is 0 Å². The summed E-state index contributed by atoms with van der Waals surface area (Å²) >= 11 is 0. The van der Waals surface area contributed by atoms with Crippen LogP contribution in [0.3, 0.4) is 0 Å². The minimum Gasteiger partial charge on any atom is -0.353 e. The van der Waals surface area contributed by atoms with Crippen LogP contribution in [0.5, 0.6) is 0 Å². The Labute approximate surface area is 100 Å². The Bertz CT molecular complexity index is 587. The molecule has 4 nitrogen and oxygen atoms in total. The van der Waals surface area contributed by atoms with Crippen molar-refractivity contribution < 1.29 is 0 Å². The van der Waals surface area contributed by atoms with Crippen molar-refractivity contribution in [3.8, 4) is 12.3 Å². The number of aromatic amines is 1. The molecule has 1 aliphatic heterocycles. The maximum Gasteiger partial charge on any atom is 0.143 e. The Hall–Kier alpha value is -2.02. The fourth-order valence-electron chi connectivity index (χ4n) is 2.28. The zero-order valence-electron chi connectivity index (χ0n) is 9.77. The van der Waals surface area contributed by atoms with E-state index in [1.807, 2.05) is 6.20 Å². The number of nitrogens with zero attached hydrogens (tertiary/aromatic N) is 3.